The van der Waals surface area contributed by atoms with Gasteiger partial charge in [-0.2, -0.15) is 0 Å². The first kappa shape index (κ1) is 20.4. The zero-order valence-electron chi connectivity index (χ0n) is 17.0. The molecule has 0 saturated heterocycles. The second-order valence-electron chi connectivity index (χ2n) is 7.68. The summed E-state index contributed by atoms with van der Waals surface area (Å²) < 4.78 is 5.90. The van der Waals surface area contributed by atoms with Crippen molar-refractivity contribution in [2.75, 3.05) is 27.2 Å². The third-order valence-corrected chi connectivity index (χ3v) is 5.00. The number of para-hydroxylation sites is 1. The molecule has 0 bridgehead atoms. The lowest BCUT2D eigenvalue weighted by Gasteiger charge is -2.18. The second-order valence-corrected chi connectivity index (χ2v) is 7.68. The second kappa shape index (κ2) is 10.3. The molecule has 0 fully saturated rings. The maximum Gasteiger partial charge on any atom is 0.122 e. The lowest BCUT2D eigenvalue weighted by atomic mass is 9.98. The van der Waals surface area contributed by atoms with Crippen LogP contribution < -0.4 is 4.74 Å². The Kier molecular flexibility index (Phi) is 7.46. The number of aliphatic hydroxyl groups excluding tert-OH is 1. The van der Waals surface area contributed by atoms with Crippen molar-refractivity contribution in [3.05, 3.63) is 77.9 Å². The maximum atomic E-state index is 10.0. The molecular formula is C25H31NO2. The summed E-state index contributed by atoms with van der Waals surface area (Å²) in [6.07, 6.45) is 3.86. The molecule has 28 heavy (non-hydrogen) atoms. The van der Waals surface area contributed by atoms with E-state index in [1.54, 1.807) is 0 Å². The molecule has 3 heteroatoms. The van der Waals surface area contributed by atoms with Crippen LogP contribution in [0.2, 0.25) is 0 Å². The van der Waals surface area contributed by atoms with Gasteiger partial charge in [-0.05, 0) is 67.7 Å². The van der Waals surface area contributed by atoms with Crippen molar-refractivity contribution in [2.24, 2.45) is 0 Å². The summed E-state index contributed by atoms with van der Waals surface area (Å²) in [4.78, 5) is 1.97. The molecule has 148 valence electrons. The molecule has 0 radical (unpaired) electrons. The van der Waals surface area contributed by atoms with Gasteiger partial charge in [-0.15, -0.1) is 0 Å². The Labute approximate surface area is 168 Å². The SMILES string of the molecule is CN(C)CC(O)COc1ccccc1CCCCc1cccc2ccccc12. The molecule has 1 unspecified atom stereocenters. The van der Waals surface area contributed by atoms with E-state index in [1.165, 1.54) is 21.9 Å². The van der Waals surface area contributed by atoms with Crippen LogP contribution in [0.25, 0.3) is 10.8 Å². The van der Waals surface area contributed by atoms with Gasteiger partial charge in [0.2, 0.25) is 0 Å². The van der Waals surface area contributed by atoms with Gasteiger partial charge in [0.15, 0.2) is 0 Å². The number of nitrogens with zero attached hydrogens (tertiary/aromatic N) is 1. The highest BCUT2D eigenvalue weighted by Gasteiger charge is 2.09. The maximum absolute atomic E-state index is 10.0. The van der Waals surface area contributed by atoms with Gasteiger partial charge in [0.1, 0.15) is 18.5 Å². The molecule has 3 nitrogen and oxygen atoms in total. The molecule has 1 atom stereocenters. The topological polar surface area (TPSA) is 32.7 Å². The summed E-state index contributed by atoms with van der Waals surface area (Å²) in [5.41, 5.74) is 2.65. The van der Waals surface area contributed by atoms with E-state index in [1.807, 2.05) is 31.1 Å². The number of aliphatic hydroxyl groups is 1. The van der Waals surface area contributed by atoms with Gasteiger partial charge >= 0.3 is 0 Å². The Morgan fingerprint density at radius 2 is 1.46 bits per heavy atom. The van der Waals surface area contributed by atoms with Crippen LogP contribution in [0.4, 0.5) is 0 Å². The molecule has 0 saturated carbocycles. The van der Waals surface area contributed by atoms with Crippen LogP contribution in [0.1, 0.15) is 24.0 Å². The van der Waals surface area contributed by atoms with Gasteiger partial charge in [-0.3, -0.25) is 0 Å². The standard InChI is InChI=1S/C25H31NO2/c1-26(2)18-23(27)19-28-25-17-8-6-13-22(25)12-4-3-10-20-14-9-15-21-11-5-7-16-24(20)21/h5-9,11,13-17,23,27H,3-4,10,12,18-19H2,1-2H3. The Balaban J connectivity index is 1.52. The number of likely N-dealkylation sites (N-methyl/N-ethyl adjacent to an activating group) is 1. The summed E-state index contributed by atoms with van der Waals surface area (Å²) in [7, 11) is 3.90. The first-order valence-corrected chi connectivity index (χ1v) is 10.1. The zero-order valence-corrected chi connectivity index (χ0v) is 17.0. The number of ether oxygens (including phenoxy) is 1. The zero-order chi connectivity index (χ0) is 19.8. The minimum absolute atomic E-state index is 0.325. The van der Waals surface area contributed by atoms with E-state index in [-0.39, 0.29) is 0 Å². The smallest absolute Gasteiger partial charge is 0.122 e. The quantitative estimate of drug-likeness (QED) is 0.520. The van der Waals surface area contributed by atoms with E-state index in [4.69, 9.17) is 4.74 Å². The first-order chi connectivity index (χ1) is 13.6. The van der Waals surface area contributed by atoms with Crippen LogP contribution >= 0.6 is 0 Å². The first-order valence-electron chi connectivity index (χ1n) is 10.1. The van der Waals surface area contributed by atoms with E-state index in [0.717, 1.165) is 31.4 Å². The van der Waals surface area contributed by atoms with Crippen molar-refractivity contribution < 1.29 is 9.84 Å². The van der Waals surface area contributed by atoms with Gasteiger partial charge in [-0.1, -0.05) is 60.7 Å². The molecule has 0 aliphatic carbocycles. The summed E-state index contributed by atoms with van der Waals surface area (Å²) in [6, 6.07) is 23.4. The lowest BCUT2D eigenvalue weighted by Crippen LogP contribution is -2.30. The van der Waals surface area contributed by atoms with Crippen molar-refractivity contribution in [1.29, 1.82) is 0 Å². The van der Waals surface area contributed by atoms with E-state index in [0.29, 0.717) is 13.2 Å². The minimum Gasteiger partial charge on any atom is -0.491 e. The molecule has 0 spiro atoms. The molecule has 0 aliphatic rings. The number of benzene rings is 3. The number of unbranched alkanes of at least 4 members (excludes halogenated alkanes) is 1. The average molecular weight is 378 g/mol. The van der Waals surface area contributed by atoms with Crippen molar-refractivity contribution in [3.63, 3.8) is 0 Å². The Morgan fingerprint density at radius 3 is 2.29 bits per heavy atom. The van der Waals surface area contributed by atoms with E-state index >= 15 is 0 Å². The van der Waals surface area contributed by atoms with Crippen molar-refractivity contribution in [2.45, 2.75) is 31.8 Å². The fourth-order valence-electron chi connectivity index (χ4n) is 3.65. The van der Waals surface area contributed by atoms with Gasteiger partial charge in [0.25, 0.3) is 0 Å². The largest absolute Gasteiger partial charge is 0.491 e. The molecule has 3 aromatic carbocycles. The Morgan fingerprint density at radius 1 is 0.821 bits per heavy atom. The van der Waals surface area contributed by atoms with Crippen LogP contribution in [-0.4, -0.2) is 43.4 Å². The molecule has 0 aromatic heterocycles. The lowest BCUT2D eigenvalue weighted by molar-refractivity contribution is 0.0827. The highest BCUT2D eigenvalue weighted by Crippen LogP contribution is 2.23. The molecule has 3 aromatic rings. The fraction of sp³-hybridized carbons (Fsp3) is 0.360. The number of aryl methyl sites for hydroxylation is 2. The van der Waals surface area contributed by atoms with Crippen molar-refractivity contribution in [1.82, 2.24) is 4.90 Å². The van der Waals surface area contributed by atoms with E-state index in [2.05, 4.69) is 54.6 Å². The van der Waals surface area contributed by atoms with Crippen molar-refractivity contribution in [3.8, 4) is 5.75 Å². The Hall–Kier alpha value is -2.36. The van der Waals surface area contributed by atoms with Gasteiger partial charge in [0.05, 0.1) is 0 Å². The highest BCUT2D eigenvalue weighted by molar-refractivity contribution is 5.85. The number of fused-ring (bicyclic) bond motifs is 1. The van der Waals surface area contributed by atoms with Crippen molar-refractivity contribution >= 4 is 10.8 Å². The summed E-state index contributed by atoms with van der Waals surface area (Å²) in [5, 5.41) is 12.7. The van der Waals surface area contributed by atoms with Gasteiger partial charge < -0.3 is 14.7 Å². The van der Waals surface area contributed by atoms with Crippen LogP contribution in [-0.2, 0) is 12.8 Å². The predicted octanol–water partition coefficient (Wildman–Crippen LogP) is 4.71. The third-order valence-electron chi connectivity index (χ3n) is 5.00. The third kappa shape index (κ3) is 5.82. The fourth-order valence-corrected chi connectivity index (χ4v) is 3.65. The van der Waals surface area contributed by atoms with Crippen LogP contribution in [0, 0.1) is 0 Å². The normalized spacial score (nSPS) is 12.4. The van der Waals surface area contributed by atoms with Crippen LogP contribution in [0.15, 0.2) is 66.7 Å². The highest BCUT2D eigenvalue weighted by atomic mass is 16.5. The average Bonchev–Trinajstić information content (AvgIpc) is 2.70. The Bertz CT molecular complexity index is 870. The van der Waals surface area contributed by atoms with Crippen LogP contribution in [0.5, 0.6) is 5.75 Å². The molecule has 0 amide bonds. The number of hydrogen-bond acceptors (Lipinski definition) is 3. The minimum atomic E-state index is -0.477. The molecular weight excluding hydrogens is 346 g/mol. The molecule has 3 rings (SSSR count). The summed E-state index contributed by atoms with van der Waals surface area (Å²) in [6.45, 7) is 0.929. The van der Waals surface area contributed by atoms with Gasteiger partial charge in [-0.25, -0.2) is 0 Å². The molecule has 0 heterocycles. The number of hydrogen-bond donors (Lipinski definition) is 1. The van der Waals surface area contributed by atoms with Crippen LogP contribution in [0.3, 0.4) is 0 Å². The predicted molar refractivity (Wildman–Crippen MR) is 117 cm³/mol. The summed E-state index contributed by atoms with van der Waals surface area (Å²) in [5.74, 6) is 0.894. The molecule has 1 N–H and O–H groups in total. The van der Waals surface area contributed by atoms with E-state index in [9.17, 15) is 5.11 Å². The van der Waals surface area contributed by atoms with E-state index < -0.39 is 6.10 Å². The van der Waals surface area contributed by atoms with Gasteiger partial charge in [0, 0.05) is 6.54 Å². The summed E-state index contributed by atoms with van der Waals surface area (Å²) >= 11 is 0. The number of rotatable bonds is 10. The molecule has 0 aliphatic heterocycles. The monoisotopic (exact) mass is 377 g/mol.